The van der Waals surface area contributed by atoms with Gasteiger partial charge >= 0.3 is 12.0 Å². The maximum Gasteiger partial charge on any atom is 0.317 e. The highest BCUT2D eigenvalue weighted by Crippen LogP contribution is 2.24. The van der Waals surface area contributed by atoms with Gasteiger partial charge in [0.1, 0.15) is 0 Å². The van der Waals surface area contributed by atoms with Crippen LogP contribution in [0.2, 0.25) is 0 Å². The maximum atomic E-state index is 12.2. The first-order chi connectivity index (χ1) is 9.49. The molecule has 0 spiro atoms. The van der Waals surface area contributed by atoms with Crippen LogP contribution in [0.3, 0.4) is 0 Å². The largest absolute Gasteiger partial charge is 0.481 e. The molecule has 20 heavy (non-hydrogen) atoms. The number of carbonyl (C=O) groups is 2. The minimum atomic E-state index is -0.760. The molecule has 2 amide bonds. The van der Waals surface area contributed by atoms with Crippen molar-refractivity contribution in [2.45, 2.75) is 51.6 Å². The number of ether oxygens (including phenoxy) is 1. The molecule has 0 radical (unpaired) electrons. The van der Waals surface area contributed by atoms with E-state index < -0.39 is 5.97 Å². The molecule has 2 N–H and O–H groups in total. The topological polar surface area (TPSA) is 78.9 Å². The number of nitrogens with zero attached hydrogens (tertiary/aromatic N) is 1. The van der Waals surface area contributed by atoms with Gasteiger partial charge in [-0.1, -0.05) is 6.42 Å². The lowest BCUT2D eigenvalue weighted by Crippen LogP contribution is -2.50. The van der Waals surface area contributed by atoms with Crippen molar-refractivity contribution in [1.29, 1.82) is 0 Å². The molecule has 1 fully saturated rings. The molecule has 1 saturated carbocycles. The summed E-state index contributed by atoms with van der Waals surface area (Å²) >= 11 is 0. The van der Waals surface area contributed by atoms with E-state index in [0.29, 0.717) is 26.0 Å². The molecule has 0 aromatic rings. The zero-order valence-corrected chi connectivity index (χ0v) is 12.6. The van der Waals surface area contributed by atoms with Gasteiger partial charge in [-0.05, 0) is 33.1 Å². The van der Waals surface area contributed by atoms with Crippen LogP contribution in [0.4, 0.5) is 4.79 Å². The summed E-state index contributed by atoms with van der Waals surface area (Å²) in [6, 6.07) is -0.168. The molecule has 6 heteroatoms. The van der Waals surface area contributed by atoms with Crippen molar-refractivity contribution in [1.82, 2.24) is 10.2 Å². The number of aliphatic carboxylic acids is 1. The Morgan fingerprint density at radius 3 is 2.70 bits per heavy atom. The second-order valence-electron chi connectivity index (χ2n) is 5.44. The first-order valence-electron chi connectivity index (χ1n) is 7.28. The molecular weight excluding hydrogens is 260 g/mol. The number of methoxy groups -OCH3 is 1. The number of hydrogen-bond acceptors (Lipinski definition) is 3. The molecule has 0 heterocycles. The molecule has 0 bridgehead atoms. The molecule has 0 saturated heterocycles. The third-order valence-electron chi connectivity index (χ3n) is 3.89. The summed E-state index contributed by atoms with van der Waals surface area (Å²) in [6.07, 6.45) is 2.93. The van der Waals surface area contributed by atoms with Crippen LogP contribution in [0.15, 0.2) is 0 Å². The van der Waals surface area contributed by atoms with E-state index in [1.165, 1.54) is 0 Å². The number of hydrogen-bond donors (Lipinski definition) is 2. The number of rotatable bonds is 6. The van der Waals surface area contributed by atoms with Crippen molar-refractivity contribution >= 4 is 12.0 Å². The Labute approximate surface area is 120 Å². The molecular formula is C14H26N2O4. The third kappa shape index (κ3) is 4.67. The van der Waals surface area contributed by atoms with E-state index in [1.807, 2.05) is 13.8 Å². The summed E-state index contributed by atoms with van der Waals surface area (Å²) < 4.78 is 5.08. The first-order valence-corrected chi connectivity index (χ1v) is 7.28. The Morgan fingerprint density at radius 1 is 1.45 bits per heavy atom. The predicted octanol–water partition coefficient (Wildman–Crippen LogP) is 1.70. The Hall–Kier alpha value is -1.30. The quantitative estimate of drug-likeness (QED) is 0.779. The summed E-state index contributed by atoms with van der Waals surface area (Å²) in [4.78, 5) is 25.0. The summed E-state index contributed by atoms with van der Waals surface area (Å²) in [5.41, 5.74) is 0. The molecule has 6 nitrogen and oxygen atoms in total. The van der Waals surface area contributed by atoms with Gasteiger partial charge in [-0.2, -0.15) is 0 Å². The fraction of sp³-hybridized carbons (Fsp3) is 0.857. The van der Waals surface area contributed by atoms with Crippen LogP contribution in [-0.4, -0.2) is 54.4 Å². The lowest BCUT2D eigenvalue weighted by Gasteiger charge is -2.32. The van der Waals surface area contributed by atoms with Gasteiger partial charge in [-0.3, -0.25) is 4.79 Å². The lowest BCUT2D eigenvalue weighted by atomic mass is 9.86. The Kier molecular flexibility index (Phi) is 6.78. The van der Waals surface area contributed by atoms with E-state index in [-0.39, 0.29) is 24.0 Å². The van der Waals surface area contributed by atoms with Gasteiger partial charge in [0, 0.05) is 19.7 Å². The van der Waals surface area contributed by atoms with Crippen molar-refractivity contribution in [3.63, 3.8) is 0 Å². The van der Waals surface area contributed by atoms with Crippen molar-refractivity contribution in [2.24, 2.45) is 5.92 Å². The van der Waals surface area contributed by atoms with Gasteiger partial charge < -0.3 is 20.1 Å². The third-order valence-corrected chi connectivity index (χ3v) is 3.89. The number of amides is 2. The zero-order valence-electron chi connectivity index (χ0n) is 12.6. The number of carboxylic acid groups (broad SMARTS) is 1. The minimum absolute atomic E-state index is 0.00358. The maximum absolute atomic E-state index is 12.2. The van der Waals surface area contributed by atoms with Crippen molar-refractivity contribution in [3.05, 3.63) is 0 Å². The van der Waals surface area contributed by atoms with Crippen LogP contribution in [0, 0.1) is 5.92 Å². The second kappa shape index (κ2) is 8.09. The average molecular weight is 286 g/mol. The molecule has 1 aliphatic carbocycles. The van der Waals surface area contributed by atoms with Gasteiger partial charge in [0.05, 0.1) is 18.6 Å². The highest BCUT2D eigenvalue weighted by Gasteiger charge is 2.29. The number of nitrogens with one attached hydrogen (secondary N) is 1. The van der Waals surface area contributed by atoms with Crippen molar-refractivity contribution < 1.29 is 19.4 Å². The molecule has 3 unspecified atom stereocenters. The van der Waals surface area contributed by atoms with Crippen LogP contribution >= 0.6 is 0 Å². The highest BCUT2D eigenvalue weighted by molar-refractivity contribution is 5.75. The van der Waals surface area contributed by atoms with Crippen LogP contribution in [0.25, 0.3) is 0 Å². The summed E-state index contributed by atoms with van der Waals surface area (Å²) in [6.45, 7) is 4.95. The Bertz CT molecular complexity index is 335. The van der Waals surface area contributed by atoms with Gasteiger partial charge in [0.2, 0.25) is 0 Å². The molecule has 1 rings (SSSR count). The summed E-state index contributed by atoms with van der Waals surface area (Å²) in [7, 11) is 1.61. The standard InChI is InChI=1S/C14H26N2O4/c1-4-16(10(2)9-20-3)14(19)15-12-7-5-6-11(8-12)13(17)18/h10-12H,4-9H2,1-3H3,(H,15,19)(H,17,18). The normalized spacial score (nSPS) is 23.9. The van der Waals surface area contributed by atoms with E-state index in [9.17, 15) is 9.59 Å². The van der Waals surface area contributed by atoms with E-state index in [4.69, 9.17) is 9.84 Å². The molecule has 0 aliphatic heterocycles. The second-order valence-corrected chi connectivity index (χ2v) is 5.44. The number of carbonyl (C=O) groups excluding carboxylic acids is 1. The summed E-state index contributed by atoms with van der Waals surface area (Å²) in [5.74, 6) is -1.09. The Balaban J connectivity index is 2.53. The van der Waals surface area contributed by atoms with E-state index in [1.54, 1.807) is 12.0 Å². The minimum Gasteiger partial charge on any atom is -0.481 e. The van der Waals surface area contributed by atoms with E-state index in [0.717, 1.165) is 12.8 Å². The van der Waals surface area contributed by atoms with Gasteiger partial charge in [0.15, 0.2) is 0 Å². The number of carboxylic acids is 1. The Morgan fingerprint density at radius 2 is 2.15 bits per heavy atom. The molecule has 3 atom stereocenters. The SMILES string of the molecule is CCN(C(=O)NC1CCCC(C(=O)O)C1)C(C)COC. The highest BCUT2D eigenvalue weighted by atomic mass is 16.5. The zero-order chi connectivity index (χ0) is 15.1. The van der Waals surface area contributed by atoms with E-state index >= 15 is 0 Å². The predicted molar refractivity (Wildman–Crippen MR) is 75.6 cm³/mol. The number of urea groups is 1. The van der Waals surface area contributed by atoms with Crippen LogP contribution in [0.1, 0.15) is 39.5 Å². The van der Waals surface area contributed by atoms with E-state index in [2.05, 4.69) is 5.32 Å². The average Bonchev–Trinajstić information content (AvgIpc) is 2.40. The molecule has 0 aromatic carbocycles. The fourth-order valence-corrected chi connectivity index (χ4v) is 2.79. The molecule has 0 aromatic heterocycles. The van der Waals surface area contributed by atoms with Crippen molar-refractivity contribution in [2.75, 3.05) is 20.3 Å². The fourth-order valence-electron chi connectivity index (χ4n) is 2.79. The van der Waals surface area contributed by atoms with Gasteiger partial charge in [0.25, 0.3) is 0 Å². The van der Waals surface area contributed by atoms with Gasteiger partial charge in [-0.15, -0.1) is 0 Å². The first kappa shape index (κ1) is 16.8. The smallest absolute Gasteiger partial charge is 0.317 e. The monoisotopic (exact) mass is 286 g/mol. The molecule has 116 valence electrons. The number of likely N-dealkylation sites (N-methyl/N-ethyl adjacent to an activating group) is 1. The van der Waals surface area contributed by atoms with Crippen LogP contribution in [-0.2, 0) is 9.53 Å². The molecule has 1 aliphatic rings. The van der Waals surface area contributed by atoms with Crippen molar-refractivity contribution in [3.8, 4) is 0 Å². The van der Waals surface area contributed by atoms with Crippen LogP contribution < -0.4 is 5.32 Å². The van der Waals surface area contributed by atoms with Gasteiger partial charge in [-0.25, -0.2) is 4.79 Å². The van der Waals surface area contributed by atoms with Crippen LogP contribution in [0.5, 0.6) is 0 Å². The summed E-state index contributed by atoms with van der Waals surface area (Å²) in [5, 5.41) is 12.0. The lowest BCUT2D eigenvalue weighted by molar-refractivity contribution is -0.143.